The maximum Gasteiger partial charge on any atom is 0.225 e. The summed E-state index contributed by atoms with van der Waals surface area (Å²) in [7, 11) is 0. The van der Waals surface area contributed by atoms with Gasteiger partial charge in [0, 0.05) is 16.1 Å². The fraction of sp³-hybridized carbons (Fsp3) is 0.150. The summed E-state index contributed by atoms with van der Waals surface area (Å²) in [5.41, 5.74) is 3.59. The van der Waals surface area contributed by atoms with Gasteiger partial charge < -0.3 is 10.1 Å². The average Bonchev–Trinajstić information content (AvgIpc) is 3.01. The minimum atomic E-state index is -0.252. The van der Waals surface area contributed by atoms with Crippen LogP contribution >= 0.6 is 23.4 Å². The summed E-state index contributed by atoms with van der Waals surface area (Å²) in [6.45, 7) is 1.11. The van der Waals surface area contributed by atoms with E-state index in [9.17, 15) is 0 Å². The lowest BCUT2D eigenvalue weighted by atomic mass is 10.2. The van der Waals surface area contributed by atoms with E-state index in [1.165, 1.54) is 11.8 Å². The van der Waals surface area contributed by atoms with E-state index >= 15 is 0 Å². The van der Waals surface area contributed by atoms with Crippen molar-refractivity contribution in [3.63, 3.8) is 0 Å². The predicted octanol–water partition coefficient (Wildman–Crippen LogP) is 4.77. The summed E-state index contributed by atoms with van der Waals surface area (Å²) in [4.78, 5) is 14.4. The molecule has 0 saturated carbocycles. The largest absolute Gasteiger partial charge is 0.380 e. The van der Waals surface area contributed by atoms with Gasteiger partial charge in [-0.3, -0.25) is 4.57 Å². The zero-order valence-electron chi connectivity index (χ0n) is 14.7. The number of imidazole rings is 1. The quantitative estimate of drug-likeness (QED) is 0.388. The van der Waals surface area contributed by atoms with Gasteiger partial charge in [0.25, 0.3) is 0 Å². The SMILES string of the molecule is Clc1nc(Sc2ccccc2)c2ncn(C3CNc4ccccc4CO3)c2n1. The molecule has 0 bridgehead atoms. The number of fused-ring (bicyclic) bond motifs is 2. The number of halogens is 1. The molecular formula is C20H16ClN5OS. The second-order valence-electron chi connectivity index (χ2n) is 6.34. The monoisotopic (exact) mass is 409 g/mol. The van der Waals surface area contributed by atoms with Crippen LogP contribution in [0, 0.1) is 0 Å². The standard InChI is InChI=1S/C20H16ClN5OS/c21-20-24-18-17(19(25-20)28-14-7-2-1-3-8-14)23-12-26(18)16-10-22-15-9-5-4-6-13(15)11-27-16/h1-9,12,16,22H,10-11H2. The van der Waals surface area contributed by atoms with Crippen LogP contribution in [0.25, 0.3) is 11.2 Å². The van der Waals surface area contributed by atoms with Crippen molar-refractivity contribution in [2.45, 2.75) is 22.8 Å². The third-order valence-corrected chi connectivity index (χ3v) is 5.70. The molecule has 0 fully saturated rings. The first-order valence-corrected chi connectivity index (χ1v) is 10.0. The number of benzene rings is 2. The number of ether oxygens (including phenoxy) is 1. The molecule has 1 unspecified atom stereocenters. The highest BCUT2D eigenvalue weighted by Crippen LogP contribution is 2.33. The molecule has 0 aliphatic carbocycles. The second-order valence-corrected chi connectivity index (χ2v) is 7.74. The molecular weight excluding hydrogens is 394 g/mol. The first kappa shape index (κ1) is 17.5. The van der Waals surface area contributed by atoms with Gasteiger partial charge in [0.15, 0.2) is 11.9 Å². The fourth-order valence-electron chi connectivity index (χ4n) is 3.19. The fourth-order valence-corrected chi connectivity index (χ4v) is 4.29. The van der Waals surface area contributed by atoms with E-state index in [1.54, 1.807) is 6.33 Å². The van der Waals surface area contributed by atoms with Gasteiger partial charge in [-0.05, 0) is 29.8 Å². The van der Waals surface area contributed by atoms with E-state index in [2.05, 4.69) is 32.4 Å². The smallest absolute Gasteiger partial charge is 0.225 e. The Morgan fingerprint density at radius 1 is 1.07 bits per heavy atom. The number of para-hydroxylation sites is 1. The molecule has 6 nitrogen and oxygen atoms in total. The minimum absolute atomic E-state index is 0.192. The Morgan fingerprint density at radius 2 is 1.89 bits per heavy atom. The number of hydrogen-bond donors (Lipinski definition) is 1. The molecule has 2 aromatic heterocycles. The Morgan fingerprint density at radius 3 is 2.79 bits per heavy atom. The average molecular weight is 410 g/mol. The Labute approximate surface area is 170 Å². The van der Waals surface area contributed by atoms with Gasteiger partial charge >= 0.3 is 0 Å². The van der Waals surface area contributed by atoms with Gasteiger partial charge in [-0.15, -0.1) is 0 Å². The number of nitrogens with one attached hydrogen (secondary N) is 1. The third-order valence-electron chi connectivity index (χ3n) is 4.55. The lowest BCUT2D eigenvalue weighted by molar-refractivity contribution is 0.00573. The Balaban J connectivity index is 1.50. The minimum Gasteiger partial charge on any atom is -0.380 e. The van der Waals surface area contributed by atoms with E-state index in [4.69, 9.17) is 16.3 Å². The van der Waals surface area contributed by atoms with Crippen LogP contribution in [-0.4, -0.2) is 26.1 Å². The highest BCUT2D eigenvalue weighted by Gasteiger charge is 2.22. The third kappa shape index (κ3) is 3.32. The molecule has 1 atom stereocenters. The highest BCUT2D eigenvalue weighted by atomic mass is 35.5. The maximum atomic E-state index is 6.23. The summed E-state index contributed by atoms with van der Waals surface area (Å²) in [5, 5.41) is 4.36. The Kier molecular flexibility index (Phi) is 4.64. The lowest BCUT2D eigenvalue weighted by Crippen LogP contribution is -2.19. The molecule has 4 aromatic rings. The van der Waals surface area contributed by atoms with Crippen LogP contribution in [0.5, 0.6) is 0 Å². The van der Waals surface area contributed by atoms with E-state index in [0.29, 0.717) is 24.3 Å². The molecule has 1 aliphatic rings. The lowest BCUT2D eigenvalue weighted by Gasteiger charge is -2.17. The highest BCUT2D eigenvalue weighted by molar-refractivity contribution is 7.99. The summed E-state index contributed by atoms with van der Waals surface area (Å²) >= 11 is 7.75. The van der Waals surface area contributed by atoms with E-state index in [0.717, 1.165) is 21.2 Å². The predicted molar refractivity (Wildman–Crippen MR) is 110 cm³/mol. The van der Waals surface area contributed by atoms with Crippen LogP contribution in [0.3, 0.4) is 0 Å². The van der Waals surface area contributed by atoms with Crippen molar-refractivity contribution in [2.24, 2.45) is 0 Å². The molecule has 0 saturated heterocycles. The van der Waals surface area contributed by atoms with Crippen molar-refractivity contribution in [1.29, 1.82) is 0 Å². The van der Waals surface area contributed by atoms with Gasteiger partial charge in [-0.2, -0.15) is 4.98 Å². The molecule has 140 valence electrons. The van der Waals surface area contributed by atoms with Gasteiger partial charge in [-0.1, -0.05) is 48.2 Å². The van der Waals surface area contributed by atoms with E-state index < -0.39 is 0 Å². The van der Waals surface area contributed by atoms with Gasteiger partial charge in [0.05, 0.1) is 19.5 Å². The van der Waals surface area contributed by atoms with E-state index in [1.807, 2.05) is 47.0 Å². The number of nitrogens with zero attached hydrogens (tertiary/aromatic N) is 4. The molecule has 0 radical (unpaired) electrons. The molecule has 28 heavy (non-hydrogen) atoms. The first-order chi connectivity index (χ1) is 13.8. The van der Waals surface area contributed by atoms with Gasteiger partial charge in [0.2, 0.25) is 5.28 Å². The Hall–Kier alpha value is -2.61. The van der Waals surface area contributed by atoms with Crippen molar-refractivity contribution >= 4 is 40.2 Å². The van der Waals surface area contributed by atoms with Crippen LogP contribution in [0.15, 0.2) is 70.8 Å². The van der Waals surface area contributed by atoms with Gasteiger partial charge in [-0.25, -0.2) is 9.97 Å². The molecule has 8 heteroatoms. The molecule has 5 rings (SSSR count). The summed E-state index contributed by atoms with van der Waals surface area (Å²) < 4.78 is 8.04. The molecule has 2 aromatic carbocycles. The zero-order valence-corrected chi connectivity index (χ0v) is 16.3. The summed E-state index contributed by atoms with van der Waals surface area (Å²) in [5.74, 6) is 0. The molecule has 1 N–H and O–H groups in total. The van der Waals surface area contributed by atoms with Crippen molar-refractivity contribution in [2.75, 3.05) is 11.9 Å². The first-order valence-electron chi connectivity index (χ1n) is 8.84. The van der Waals surface area contributed by atoms with Crippen LogP contribution in [0.1, 0.15) is 11.8 Å². The van der Waals surface area contributed by atoms with Crippen molar-refractivity contribution in [3.05, 3.63) is 71.8 Å². The van der Waals surface area contributed by atoms with E-state index in [-0.39, 0.29) is 11.5 Å². The zero-order chi connectivity index (χ0) is 18.9. The van der Waals surface area contributed by atoms with Crippen LogP contribution < -0.4 is 5.32 Å². The number of anilines is 1. The Bertz CT molecular complexity index is 1110. The molecule has 0 amide bonds. The normalized spacial score (nSPS) is 16.4. The topological polar surface area (TPSA) is 64.9 Å². The van der Waals surface area contributed by atoms with Crippen molar-refractivity contribution < 1.29 is 4.74 Å². The van der Waals surface area contributed by atoms with Crippen LogP contribution in [0.4, 0.5) is 5.69 Å². The van der Waals surface area contributed by atoms with Crippen molar-refractivity contribution in [1.82, 2.24) is 19.5 Å². The second kappa shape index (κ2) is 7.43. The number of aromatic nitrogens is 4. The van der Waals surface area contributed by atoms with Crippen LogP contribution in [-0.2, 0) is 11.3 Å². The maximum absolute atomic E-state index is 6.23. The number of rotatable bonds is 3. The molecule has 1 aliphatic heterocycles. The van der Waals surface area contributed by atoms with Crippen LogP contribution in [0.2, 0.25) is 5.28 Å². The summed E-state index contributed by atoms with van der Waals surface area (Å²) in [6.07, 6.45) is 1.49. The van der Waals surface area contributed by atoms with Crippen molar-refractivity contribution in [3.8, 4) is 0 Å². The number of hydrogen-bond acceptors (Lipinski definition) is 6. The summed E-state index contributed by atoms with van der Waals surface area (Å²) in [6, 6.07) is 18.2. The molecule has 3 heterocycles. The van der Waals surface area contributed by atoms with Gasteiger partial charge in [0.1, 0.15) is 10.5 Å². The molecule has 0 spiro atoms.